The Balaban J connectivity index is 0.00000108. The maximum Gasteiger partial charge on any atom is 0.131 e. The first-order valence-corrected chi connectivity index (χ1v) is 9.49. The van der Waals surface area contributed by atoms with Gasteiger partial charge >= 0.3 is 0 Å². The number of carbonyl (C=O) groups excluding carboxylic acids is 1. The van der Waals surface area contributed by atoms with Crippen LogP contribution < -0.4 is 0 Å². The zero-order valence-electron chi connectivity index (χ0n) is 17.5. The van der Waals surface area contributed by atoms with E-state index in [0.717, 1.165) is 41.4 Å². The molecule has 28 heavy (non-hydrogen) atoms. The number of carbonyl (C=O) groups is 1. The highest BCUT2D eigenvalue weighted by molar-refractivity contribution is 5.69. The lowest BCUT2D eigenvalue weighted by Gasteiger charge is -2.13. The molecule has 2 aromatic rings. The largest absolute Gasteiger partial charge is 0.396 e. The number of aliphatic hydroxyl groups excluding tert-OH is 1. The molecule has 1 N–H and O–H groups in total. The van der Waals surface area contributed by atoms with Crippen LogP contribution in [0, 0.1) is 5.82 Å². The molecule has 154 valence electrons. The number of benzene rings is 2. The molecule has 2 rings (SSSR count). The lowest BCUT2D eigenvalue weighted by Crippen LogP contribution is -2.01. The molecule has 2 aromatic carbocycles. The Morgan fingerprint density at radius 3 is 2.14 bits per heavy atom. The summed E-state index contributed by atoms with van der Waals surface area (Å²) in [5.41, 5.74) is 4.63. The van der Waals surface area contributed by atoms with Gasteiger partial charge < -0.3 is 14.6 Å². The van der Waals surface area contributed by atoms with Crippen molar-refractivity contribution in [2.75, 3.05) is 20.3 Å². The van der Waals surface area contributed by atoms with Gasteiger partial charge in [0.1, 0.15) is 12.1 Å². The normalized spacial score (nSPS) is 9.50. The molecule has 4 heteroatoms. The highest BCUT2D eigenvalue weighted by Crippen LogP contribution is 2.29. The summed E-state index contributed by atoms with van der Waals surface area (Å²) >= 11 is 0. The maximum absolute atomic E-state index is 14.4. The average Bonchev–Trinajstić information content (AvgIpc) is 2.68. The van der Waals surface area contributed by atoms with Gasteiger partial charge in [-0.15, -0.1) is 6.58 Å². The SMILES string of the molecule is C=CC.CC=O.CCc1ccc(-c2ccc(CCO)cc2CCOC)c(F)c1. The Morgan fingerprint density at radius 2 is 1.64 bits per heavy atom. The van der Waals surface area contributed by atoms with Gasteiger partial charge in [0, 0.05) is 19.3 Å². The fourth-order valence-corrected chi connectivity index (χ4v) is 2.61. The van der Waals surface area contributed by atoms with Crippen molar-refractivity contribution >= 4 is 6.29 Å². The number of rotatable bonds is 7. The van der Waals surface area contributed by atoms with E-state index in [1.54, 1.807) is 19.3 Å². The number of hydrogen-bond donors (Lipinski definition) is 1. The number of hydrogen-bond acceptors (Lipinski definition) is 3. The van der Waals surface area contributed by atoms with Crippen molar-refractivity contribution in [1.29, 1.82) is 0 Å². The van der Waals surface area contributed by atoms with Crippen molar-refractivity contribution in [2.24, 2.45) is 0 Å². The van der Waals surface area contributed by atoms with E-state index in [2.05, 4.69) is 6.58 Å². The molecule has 0 aromatic heterocycles. The van der Waals surface area contributed by atoms with E-state index in [0.29, 0.717) is 18.6 Å². The Hall–Kier alpha value is -2.30. The predicted molar refractivity (Wildman–Crippen MR) is 115 cm³/mol. The van der Waals surface area contributed by atoms with E-state index in [1.165, 1.54) is 6.92 Å². The fourth-order valence-electron chi connectivity index (χ4n) is 2.61. The van der Waals surface area contributed by atoms with Crippen LogP contribution in [0.4, 0.5) is 4.39 Å². The summed E-state index contributed by atoms with van der Waals surface area (Å²) in [5, 5.41) is 9.09. The molecule has 0 atom stereocenters. The Morgan fingerprint density at radius 1 is 1.07 bits per heavy atom. The summed E-state index contributed by atoms with van der Waals surface area (Å²) in [4.78, 5) is 8.81. The minimum atomic E-state index is -0.187. The van der Waals surface area contributed by atoms with Crippen molar-refractivity contribution in [3.05, 3.63) is 71.6 Å². The molecule has 0 radical (unpaired) electrons. The van der Waals surface area contributed by atoms with Gasteiger partial charge in [0.25, 0.3) is 0 Å². The lowest BCUT2D eigenvalue weighted by atomic mass is 9.94. The first-order valence-electron chi connectivity index (χ1n) is 9.49. The third-order valence-electron chi connectivity index (χ3n) is 3.88. The van der Waals surface area contributed by atoms with Crippen molar-refractivity contribution < 1.29 is 19.0 Å². The average molecular weight is 389 g/mol. The molecule has 0 unspecified atom stereocenters. The van der Waals surface area contributed by atoms with Crippen LogP contribution in [-0.2, 0) is 28.8 Å². The number of aryl methyl sites for hydroxylation is 1. The molecule has 0 spiro atoms. The molecule has 0 aliphatic carbocycles. The van der Waals surface area contributed by atoms with Crippen molar-refractivity contribution in [3.8, 4) is 11.1 Å². The predicted octanol–water partition coefficient (Wildman–Crippen LogP) is 5.18. The topological polar surface area (TPSA) is 46.5 Å². The summed E-state index contributed by atoms with van der Waals surface area (Å²) < 4.78 is 19.6. The number of aldehydes is 1. The van der Waals surface area contributed by atoms with E-state index < -0.39 is 0 Å². The highest BCUT2D eigenvalue weighted by atomic mass is 19.1. The summed E-state index contributed by atoms with van der Waals surface area (Å²) in [6.07, 6.45) is 4.65. The first kappa shape index (κ1) is 25.7. The van der Waals surface area contributed by atoms with E-state index in [-0.39, 0.29) is 12.4 Å². The second kappa shape index (κ2) is 15.7. The number of allylic oxidation sites excluding steroid dienone is 1. The van der Waals surface area contributed by atoms with Gasteiger partial charge in [-0.25, -0.2) is 4.39 Å². The molecule has 0 amide bonds. The number of ether oxygens (including phenoxy) is 1. The minimum Gasteiger partial charge on any atom is -0.396 e. The quantitative estimate of drug-likeness (QED) is 0.525. The van der Waals surface area contributed by atoms with Crippen LogP contribution in [0.25, 0.3) is 11.1 Å². The van der Waals surface area contributed by atoms with Crippen LogP contribution in [-0.4, -0.2) is 31.7 Å². The van der Waals surface area contributed by atoms with Gasteiger partial charge in [-0.1, -0.05) is 43.3 Å². The van der Waals surface area contributed by atoms with E-state index in [1.807, 2.05) is 44.2 Å². The molecular formula is C24H33FO3. The Kier molecular flexibility index (Phi) is 14.4. The van der Waals surface area contributed by atoms with E-state index >= 15 is 0 Å². The zero-order valence-corrected chi connectivity index (χ0v) is 17.5. The van der Waals surface area contributed by atoms with Crippen LogP contribution >= 0.6 is 0 Å². The third kappa shape index (κ3) is 9.07. The standard InChI is InChI=1S/C19H23FO2.C3H6.C2H4O/c1-3-14-4-7-18(19(20)13-14)17-6-5-15(8-10-21)12-16(17)9-11-22-2;1-3-2;1-2-3/h4-7,12-13,21H,3,8-11H2,1-2H3;3H,1H2,2H3;2H,1H3. The summed E-state index contributed by atoms with van der Waals surface area (Å²) in [6, 6.07) is 11.4. The maximum atomic E-state index is 14.4. The molecule has 0 fully saturated rings. The van der Waals surface area contributed by atoms with Crippen LogP contribution in [0.2, 0.25) is 0 Å². The van der Waals surface area contributed by atoms with Crippen LogP contribution in [0.5, 0.6) is 0 Å². The minimum absolute atomic E-state index is 0.114. The Bertz CT molecular complexity index is 705. The first-order chi connectivity index (χ1) is 13.5. The van der Waals surface area contributed by atoms with Gasteiger partial charge in [0.15, 0.2) is 0 Å². The zero-order chi connectivity index (χ0) is 21.4. The van der Waals surface area contributed by atoms with Gasteiger partial charge in [-0.2, -0.15) is 0 Å². The number of halogens is 1. The molecule has 3 nitrogen and oxygen atoms in total. The van der Waals surface area contributed by atoms with Gasteiger partial charge in [-0.05, 0) is 61.4 Å². The second-order valence-corrected chi connectivity index (χ2v) is 6.02. The van der Waals surface area contributed by atoms with E-state index in [9.17, 15) is 4.39 Å². The van der Waals surface area contributed by atoms with Crippen molar-refractivity contribution in [1.82, 2.24) is 0 Å². The van der Waals surface area contributed by atoms with Crippen molar-refractivity contribution in [2.45, 2.75) is 40.0 Å². The molecule has 0 saturated heterocycles. The lowest BCUT2D eigenvalue weighted by molar-refractivity contribution is -0.106. The monoisotopic (exact) mass is 388 g/mol. The molecule has 0 aliphatic rings. The molecule has 0 bridgehead atoms. The van der Waals surface area contributed by atoms with Gasteiger partial charge in [0.2, 0.25) is 0 Å². The van der Waals surface area contributed by atoms with Crippen LogP contribution in [0.15, 0.2) is 49.1 Å². The van der Waals surface area contributed by atoms with Gasteiger partial charge in [-0.3, -0.25) is 0 Å². The summed E-state index contributed by atoms with van der Waals surface area (Å²) in [5.74, 6) is -0.187. The smallest absolute Gasteiger partial charge is 0.131 e. The van der Waals surface area contributed by atoms with E-state index in [4.69, 9.17) is 14.6 Å². The second-order valence-electron chi connectivity index (χ2n) is 6.02. The van der Waals surface area contributed by atoms with Crippen LogP contribution in [0.1, 0.15) is 37.5 Å². The molecule has 0 aliphatic heterocycles. The fraction of sp³-hybridized carbons (Fsp3) is 0.375. The molecular weight excluding hydrogens is 355 g/mol. The summed E-state index contributed by atoms with van der Waals surface area (Å²) in [7, 11) is 1.66. The van der Waals surface area contributed by atoms with Crippen molar-refractivity contribution in [3.63, 3.8) is 0 Å². The summed E-state index contributed by atoms with van der Waals surface area (Å²) in [6.45, 7) is 9.41. The third-order valence-corrected chi connectivity index (χ3v) is 3.88. The van der Waals surface area contributed by atoms with Gasteiger partial charge in [0.05, 0.1) is 6.61 Å². The molecule has 0 heterocycles. The van der Waals surface area contributed by atoms with Crippen LogP contribution in [0.3, 0.4) is 0 Å². The number of methoxy groups -OCH3 is 1. The number of aliphatic hydroxyl groups is 1. The molecule has 0 saturated carbocycles. The highest BCUT2D eigenvalue weighted by Gasteiger charge is 2.11. The Labute approximate surface area is 168 Å².